The van der Waals surface area contributed by atoms with Crippen LogP contribution >= 0.6 is 0 Å². The first kappa shape index (κ1) is 22.2. The molecule has 0 spiro atoms. The van der Waals surface area contributed by atoms with Gasteiger partial charge in [0.1, 0.15) is 5.82 Å². The molecular weight excluding hydrogens is 433 g/mol. The van der Waals surface area contributed by atoms with Crippen LogP contribution in [-0.2, 0) is 18.8 Å². The minimum absolute atomic E-state index is 0.130. The lowest BCUT2D eigenvalue weighted by molar-refractivity contribution is -0.143. The largest absolute Gasteiger partial charge is 0.435 e. The number of nitrogens with one attached hydrogen (secondary N) is 1. The number of alkyl halides is 6. The fraction of sp³-hybridized carbons (Fsp3) is 0.211. The number of carbonyl (C=O) groups excluding carboxylic acids is 1. The van der Waals surface area contributed by atoms with Gasteiger partial charge in [-0.3, -0.25) is 4.79 Å². The van der Waals surface area contributed by atoms with Gasteiger partial charge in [-0.15, -0.1) is 5.10 Å². The minimum Gasteiger partial charge on any atom is -0.350 e. The molecule has 0 radical (unpaired) electrons. The highest BCUT2D eigenvalue weighted by molar-refractivity contribution is 5.93. The van der Waals surface area contributed by atoms with Gasteiger partial charge in [-0.05, 0) is 36.2 Å². The molecule has 3 rings (SSSR count). The lowest BCUT2D eigenvalue weighted by Gasteiger charge is -2.13. The first-order valence-electron chi connectivity index (χ1n) is 8.70. The molecule has 1 aromatic heterocycles. The monoisotopic (exact) mass is 446 g/mol. The quantitative estimate of drug-likeness (QED) is 0.591. The van der Waals surface area contributed by atoms with Crippen LogP contribution in [0.3, 0.4) is 0 Å². The molecule has 1 amide bonds. The lowest BCUT2D eigenvalue weighted by Crippen LogP contribution is -2.29. The number of aromatic nitrogens is 3. The Labute approximate surface area is 170 Å². The van der Waals surface area contributed by atoms with Crippen LogP contribution < -0.4 is 5.32 Å². The van der Waals surface area contributed by atoms with Crippen molar-refractivity contribution < 1.29 is 35.5 Å². The summed E-state index contributed by atoms with van der Waals surface area (Å²) in [5.41, 5.74) is -3.96. The predicted molar refractivity (Wildman–Crippen MR) is 93.8 cm³/mol. The molecule has 0 aliphatic carbocycles. The minimum atomic E-state index is -5.06. The summed E-state index contributed by atoms with van der Waals surface area (Å²) in [6.45, 7) is -0.379. The predicted octanol–water partition coefficient (Wildman–Crippen LogP) is 4.42. The second-order valence-corrected chi connectivity index (χ2v) is 6.34. The third-order valence-corrected chi connectivity index (χ3v) is 4.21. The molecule has 0 saturated heterocycles. The topological polar surface area (TPSA) is 59.8 Å². The van der Waals surface area contributed by atoms with E-state index >= 15 is 0 Å². The summed E-state index contributed by atoms with van der Waals surface area (Å²) >= 11 is 0. The average Bonchev–Trinajstić information content (AvgIpc) is 3.13. The molecule has 0 atom stereocenters. The molecule has 0 saturated carbocycles. The number of rotatable bonds is 5. The van der Waals surface area contributed by atoms with Gasteiger partial charge in [0.05, 0.1) is 11.3 Å². The summed E-state index contributed by atoms with van der Waals surface area (Å²) in [7, 11) is 0. The van der Waals surface area contributed by atoms with E-state index in [9.17, 15) is 35.5 Å². The number of benzene rings is 2. The maximum Gasteiger partial charge on any atom is 0.435 e. The zero-order valence-electron chi connectivity index (χ0n) is 15.4. The molecule has 12 heteroatoms. The third kappa shape index (κ3) is 5.01. The smallest absolute Gasteiger partial charge is 0.350 e. The van der Waals surface area contributed by atoms with E-state index in [1.54, 1.807) is 0 Å². The van der Waals surface area contributed by atoms with Crippen molar-refractivity contribution in [2.45, 2.75) is 18.8 Å². The molecule has 0 unspecified atom stereocenters. The second-order valence-electron chi connectivity index (χ2n) is 6.34. The fourth-order valence-corrected chi connectivity index (χ4v) is 2.89. The molecular formula is C19H13F7N4O. The molecule has 2 aromatic carbocycles. The van der Waals surface area contributed by atoms with E-state index in [0.717, 1.165) is 30.3 Å². The van der Waals surface area contributed by atoms with Gasteiger partial charge in [0.2, 0.25) is 0 Å². The van der Waals surface area contributed by atoms with Crippen LogP contribution in [0.25, 0.3) is 5.69 Å². The van der Waals surface area contributed by atoms with Crippen molar-refractivity contribution in [3.8, 4) is 5.69 Å². The number of carbonyl (C=O) groups is 1. The van der Waals surface area contributed by atoms with E-state index in [2.05, 4.69) is 15.6 Å². The van der Waals surface area contributed by atoms with E-state index in [0.29, 0.717) is 0 Å². The SMILES string of the molecule is O=C(NCCc1ccccc1C(F)(F)F)c1nnn(-c2cccc(F)c2)c1C(F)(F)F. The van der Waals surface area contributed by atoms with Crippen molar-refractivity contribution in [2.75, 3.05) is 6.54 Å². The Morgan fingerprint density at radius 1 is 0.968 bits per heavy atom. The molecule has 0 aliphatic rings. The van der Waals surface area contributed by atoms with Crippen molar-refractivity contribution in [1.29, 1.82) is 0 Å². The van der Waals surface area contributed by atoms with Crippen molar-refractivity contribution in [2.24, 2.45) is 0 Å². The number of hydrogen-bond acceptors (Lipinski definition) is 3. The maximum atomic E-state index is 13.6. The first-order chi connectivity index (χ1) is 14.5. The van der Waals surface area contributed by atoms with Crippen LogP contribution in [0.4, 0.5) is 30.7 Å². The standard InChI is InChI=1S/C19H13F7N4O/c20-12-5-3-6-13(10-12)30-16(19(24,25)26)15(28-29-30)17(31)27-9-8-11-4-1-2-7-14(11)18(21,22)23/h1-7,10H,8-9H2,(H,27,31). The normalized spacial score (nSPS) is 12.1. The third-order valence-electron chi connectivity index (χ3n) is 4.21. The zero-order chi connectivity index (χ0) is 22.8. The molecule has 164 valence electrons. The van der Waals surface area contributed by atoms with Gasteiger partial charge in [0.25, 0.3) is 5.91 Å². The highest BCUT2D eigenvalue weighted by Gasteiger charge is 2.42. The van der Waals surface area contributed by atoms with Gasteiger partial charge in [-0.1, -0.05) is 29.5 Å². The number of nitrogens with zero attached hydrogens (tertiary/aromatic N) is 3. The van der Waals surface area contributed by atoms with Gasteiger partial charge in [-0.2, -0.15) is 26.3 Å². The van der Waals surface area contributed by atoms with Crippen LogP contribution in [0.5, 0.6) is 0 Å². The van der Waals surface area contributed by atoms with Gasteiger partial charge in [0, 0.05) is 6.54 Å². The average molecular weight is 446 g/mol. The molecule has 3 aromatic rings. The summed E-state index contributed by atoms with van der Waals surface area (Å²) in [6.07, 6.45) is -9.95. The van der Waals surface area contributed by atoms with Crippen molar-refractivity contribution in [3.05, 3.63) is 76.9 Å². The Morgan fingerprint density at radius 2 is 1.68 bits per heavy atom. The van der Waals surface area contributed by atoms with Gasteiger partial charge in [-0.25, -0.2) is 9.07 Å². The molecule has 1 heterocycles. The van der Waals surface area contributed by atoms with E-state index in [-0.39, 0.29) is 28.9 Å². The second kappa shape index (κ2) is 8.36. The Balaban J connectivity index is 1.82. The summed E-state index contributed by atoms with van der Waals surface area (Å²) in [5, 5.41) is 8.67. The van der Waals surface area contributed by atoms with Gasteiger partial charge < -0.3 is 5.32 Å². The summed E-state index contributed by atoms with van der Waals surface area (Å²) in [4.78, 5) is 12.3. The van der Waals surface area contributed by atoms with Crippen LogP contribution in [0, 0.1) is 5.82 Å². The van der Waals surface area contributed by atoms with E-state index in [1.165, 1.54) is 18.2 Å². The number of hydrogen-bond donors (Lipinski definition) is 1. The molecule has 1 N–H and O–H groups in total. The Bertz CT molecular complexity index is 1090. The summed E-state index contributed by atoms with van der Waals surface area (Å²) < 4.78 is 93.4. The highest BCUT2D eigenvalue weighted by atomic mass is 19.4. The van der Waals surface area contributed by atoms with Crippen LogP contribution in [0.1, 0.15) is 27.3 Å². The molecule has 0 aliphatic heterocycles. The van der Waals surface area contributed by atoms with Crippen LogP contribution in [-0.4, -0.2) is 27.4 Å². The number of halogens is 7. The molecule has 0 bridgehead atoms. The van der Waals surface area contributed by atoms with E-state index in [1.807, 2.05) is 0 Å². The fourth-order valence-electron chi connectivity index (χ4n) is 2.89. The summed E-state index contributed by atoms with van der Waals surface area (Å²) in [6, 6.07) is 8.73. The number of amides is 1. The van der Waals surface area contributed by atoms with Crippen LogP contribution in [0.15, 0.2) is 48.5 Å². The lowest BCUT2D eigenvalue weighted by atomic mass is 10.0. The molecule has 31 heavy (non-hydrogen) atoms. The van der Waals surface area contributed by atoms with E-state index < -0.39 is 41.0 Å². The van der Waals surface area contributed by atoms with Crippen molar-refractivity contribution in [1.82, 2.24) is 20.3 Å². The zero-order valence-corrected chi connectivity index (χ0v) is 15.4. The molecule has 5 nitrogen and oxygen atoms in total. The van der Waals surface area contributed by atoms with Crippen LogP contribution in [0.2, 0.25) is 0 Å². The highest BCUT2D eigenvalue weighted by Crippen LogP contribution is 2.33. The van der Waals surface area contributed by atoms with Gasteiger partial charge in [0.15, 0.2) is 11.4 Å². The van der Waals surface area contributed by atoms with E-state index in [4.69, 9.17) is 0 Å². The Morgan fingerprint density at radius 3 is 2.32 bits per heavy atom. The Hall–Kier alpha value is -3.44. The van der Waals surface area contributed by atoms with Gasteiger partial charge >= 0.3 is 12.4 Å². The maximum absolute atomic E-state index is 13.6. The Kier molecular flexibility index (Phi) is 6.00. The molecule has 0 fully saturated rings. The summed E-state index contributed by atoms with van der Waals surface area (Å²) in [5.74, 6) is -2.10. The van der Waals surface area contributed by atoms with Crippen molar-refractivity contribution >= 4 is 5.91 Å². The van der Waals surface area contributed by atoms with Crippen molar-refractivity contribution in [3.63, 3.8) is 0 Å². The first-order valence-corrected chi connectivity index (χ1v) is 8.70.